The maximum atomic E-state index is 9.83. The third kappa shape index (κ3) is 1.75. The van der Waals surface area contributed by atoms with Gasteiger partial charge in [0.1, 0.15) is 5.75 Å². The first kappa shape index (κ1) is 10.9. The number of fused-ring (bicyclic) bond motifs is 1. The van der Waals surface area contributed by atoms with Crippen molar-refractivity contribution in [3.8, 4) is 5.75 Å². The van der Waals surface area contributed by atoms with Crippen molar-refractivity contribution in [1.29, 1.82) is 0 Å². The molecule has 0 aliphatic rings. The summed E-state index contributed by atoms with van der Waals surface area (Å²) in [6, 6.07) is 11.5. The van der Waals surface area contributed by atoms with Gasteiger partial charge in [0.25, 0.3) is 0 Å². The molecule has 0 spiro atoms. The Morgan fingerprint density at radius 2 is 1.88 bits per heavy atom. The summed E-state index contributed by atoms with van der Waals surface area (Å²) in [6.07, 6.45) is -0.629. The standard InChI is InChI=1S/C13H15NO2/c1-16-13-7-6-10(12(15)8-14)9-4-2-3-5-11(9)13/h2-7,12,15H,8,14H2,1H3. The Kier molecular flexibility index (Phi) is 3.08. The summed E-state index contributed by atoms with van der Waals surface area (Å²) in [5.74, 6) is 0.809. The summed E-state index contributed by atoms with van der Waals surface area (Å²) in [7, 11) is 1.64. The number of nitrogens with two attached hydrogens (primary N) is 1. The highest BCUT2D eigenvalue weighted by atomic mass is 16.5. The lowest BCUT2D eigenvalue weighted by Gasteiger charge is -2.13. The van der Waals surface area contributed by atoms with E-state index in [1.807, 2.05) is 36.4 Å². The average molecular weight is 217 g/mol. The minimum Gasteiger partial charge on any atom is -0.496 e. The average Bonchev–Trinajstić information content (AvgIpc) is 2.36. The van der Waals surface area contributed by atoms with E-state index in [2.05, 4.69) is 0 Å². The minimum absolute atomic E-state index is 0.219. The minimum atomic E-state index is -0.629. The van der Waals surface area contributed by atoms with Crippen LogP contribution in [0, 0.1) is 0 Å². The fraction of sp³-hybridized carbons (Fsp3) is 0.231. The van der Waals surface area contributed by atoms with E-state index < -0.39 is 6.10 Å². The summed E-state index contributed by atoms with van der Waals surface area (Å²) < 4.78 is 5.28. The van der Waals surface area contributed by atoms with Crippen LogP contribution in [-0.4, -0.2) is 18.8 Å². The third-order valence-corrected chi connectivity index (χ3v) is 2.72. The molecule has 1 unspecified atom stereocenters. The largest absolute Gasteiger partial charge is 0.496 e. The molecule has 0 amide bonds. The molecule has 3 N–H and O–H groups in total. The van der Waals surface area contributed by atoms with Crippen LogP contribution >= 0.6 is 0 Å². The quantitative estimate of drug-likeness (QED) is 0.824. The van der Waals surface area contributed by atoms with Crippen LogP contribution in [0.1, 0.15) is 11.7 Å². The fourth-order valence-corrected chi connectivity index (χ4v) is 1.89. The monoisotopic (exact) mass is 217 g/mol. The zero-order chi connectivity index (χ0) is 11.5. The van der Waals surface area contributed by atoms with Crippen LogP contribution in [0.2, 0.25) is 0 Å². The van der Waals surface area contributed by atoms with Gasteiger partial charge in [-0.05, 0) is 17.0 Å². The SMILES string of the molecule is COc1ccc(C(O)CN)c2ccccc12. The molecule has 84 valence electrons. The van der Waals surface area contributed by atoms with E-state index in [0.29, 0.717) is 0 Å². The molecule has 1 atom stereocenters. The highest BCUT2D eigenvalue weighted by molar-refractivity contribution is 5.91. The van der Waals surface area contributed by atoms with E-state index in [4.69, 9.17) is 10.5 Å². The Morgan fingerprint density at radius 1 is 1.19 bits per heavy atom. The summed E-state index contributed by atoms with van der Waals surface area (Å²) in [5, 5.41) is 11.8. The van der Waals surface area contributed by atoms with Gasteiger partial charge in [0.15, 0.2) is 0 Å². The molecular weight excluding hydrogens is 202 g/mol. The second-order valence-electron chi connectivity index (χ2n) is 3.65. The molecule has 2 aromatic carbocycles. The molecule has 0 heterocycles. The van der Waals surface area contributed by atoms with Crippen molar-refractivity contribution in [1.82, 2.24) is 0 Å². The molecule has 0 saturated carbocycles. The van der Waals surface area contributed by atoms with Crippen LogP contribution in [0.25, 0.3) is 10.8 Å². The molecule has 0 radical (unpaired) electrons. The maximum Gasteiger partial charge on any atom is 0.126 e. The van der Waals surface area contributed by atoms with Gasteiger partial charge in [-0.1, -0.05) is 30.3 Å². The van der Waals surface area contributed by atoms with E-state index in [1.165, 1.54) is 0 Å². The predicted molar refractivity (Wildman–Crippen MR) is 64.5 cm³/mol. The van der Waals surface area contributed by atoms with Crippen molar-refractivity contribution >= 4 is 10.8 Å². The first-order chi connectivity index (χ1) is 7.77. The van der Waals surface area contributed by atoms with Crippen LogP contribution in [0.15, 0.2) is 36.4 Å². The Hall–Kier alpha value is -1.58. The lowest BCUT2D eigenvalue weighted by molar-refractivity contribution is 0.188. The molecule has 3 heteroatoms. The summed E-state index contributed by atoms with van der Waals surface area (Å²) >= 11 is 0. The molecule has 0 aliphatic heterocycles. The molecule has 2 rings (SSSR count). The van der Waals surface area contributed by atoms with E-state index >= 15 is 0 Å². The van der Waals surface area contributed by atoms with Crippen LogP contribution in [-0.2, 0) is 0 Å². The number of aliphatic hydroxyl groups is 1. The van der Waals surface area contributed by atoms with Gasteiger partial charge in [-0.2, -0.15) is 0 Å². The molecule has 3 nitrogen and oxygen atoms in total. The van der Waals surface area contributed by atoms with Gasteiger partial charge in [0.05, 0.1) is 13.2 Å². The number of rotatable bonds is 3. The van der Waals surface area contributed by atoms with Gasteiger partial charge >= 0.3 is 0 Å². The van der Waals surface area contributed by atoms with E-state index in [9.17, 15) is 5.11 Å². The number of benzene rings is 2. The topological polar surface area (TPSA) is 55.5 Å². The van der Waals surface area contributed by atoms with Gasteiger partial charge in [-0.15, -0.1) is 0 Å². The highest BCUT2D eigenvalue weighted by Crippen LogP contribution is 2.31. The van der Waals surface area contributed by atoms with Gasteiger partial charge in [-0.3, -0.25) is 0 Å². The van der Waals surface area contributed by atoms with E-state index in [0.717, 1.165) is 22.1 Å². The van der Waals surface area contributed by atoms with Gasteiger partial charge < -0.3 is 15.6 Å². The predicted octanol–water partition coefficient (Wildman–Crippen LogP) is 1.84. The molecule has 0 aromatic heterocycles. The van der Waals surface area contributed by atoms with Gasteiger partial charge in [-0.25, -0.2) is 0 Å². The van der Waals surface area contributed by atoms with Crippen molar-refractivity contribution in [2.24, 2.45) is 5.73 Å². The number of hydrogen-bond donors (Lipinski definition) is 2. The first-order valence-electron chi connectivity index (χ1n) is 5.21. The van der Waals surface area contributed by atoms with Gasteiger partial charge in [0, 0.05) is 11.9 Å². The Morgan fingerprint density at radius 3 is 2.50 bits per heavy atom. The number of aliphatic hydroxyl groups excluding tert-OH is 1. The molecule has 16 heavy (non-hydrogen) atoms. The lowest BCUT2D eigenvalue weighted by atomic mass is 10.00. The molecule has 2 aromatic rings. The zero-order valence-electron chi connectivity index (χ0n) is 9.18. The molecule has 0 saturated heterocycles. The van der Waals surface area contributed by atoms with Crippen LogP contribution in [0.5, 0.6) is 5.75 Å². The maximum absolute atomic E-state index is 9.83. The Bertz CT molecular complexity index is 496. The van der Waals surface area contributed by atoms with E-state index in [-0.39, 0.29) is 6.54 Å². The van der Waals surface area contributed by atoms with Crippen LogP contribution in [0.3, 0.4) is 0 Å². The summed E-state index contributed by atoms with van der Waals surface area (Å²) in [5.41, 5.74) is 6.33. The Balaban J connectivity index is 2.69. The summed E-state index contributed by atoms with van der Waals surface area (Å²) in [6.45, 7) is 0.219. The van der Waals surface area contributed by atoms with Crippen molar-refractivity contribution in [3.63, 3.8) is 0 Å². The third-order valence-electron chi connectivity index (χ3n) is 2.72. The molecule has 0 bridgehead atoms. The van der Waals surface area contributed by atoms with Crippen LogP contribution in [0.4, 0.5) is 0 Å². The van der Waals surface area contributed by atoms with Crippen molar-refractivity contribution in [2.45, 2.75) is 6.10 Å². The molecular formula is C13H15NO2. The van der Waals surface area contributed by atoms with Gasteiger partial charge in [0.2, 0.25) is 0 Å². The lowest BCUT2D eigenvalue weighted by Crippen LogP contribution is -2.11. The Labute approximate surface area is 94.5 Å². The molecule has 0 fully saturated rings. The normalized spacial score (nSPS) is 12.7. The van der Waals surface area contributed by atoms with E-state index in [1.54, 1.807) is 7.11 Å². The van der Waals surface area contributed by atoms with Crippen molar-refractivity contribution in [2.75, 3.05) is 13.7 Å². The summed E-state index contributed by atoms with van der Waals surface area (Å²) in [4.78, 5) is 0. The van der Waals surface area contributed by atoms with Crippen LogP contribution < -0.4 is 10.5 Å². The number of methoxy groups -OCH3 is 1. The molecule has 0 aliphatic carbocycles. The van der Waals surface area contributed by atoms with Crippen molar-refractivity contribution in [3.05, 3.63) is 42.0 Å². The zero-order valence-corrected chi connectivity index (χ0v) is 9.18. The second kappa shape index (κ2) is 4.51. The fourth-order valence-electron chi connectivity index (χ4n) is 1.89. The first-order valence-corrected chi connectivity index (χ1v) is 5.21. The number of hydrogen-bond acceptors (Lipinski definition) is 3. The van der Waals surface area contributed by atoms with Crippen molar-refractivity contribution < 1.29 is 9.84 Å². The second-order valence-corrected chi connectivity index (χ2v) is 3.65. The highest BCUT2D eigenvalue weighted by Gasteiger charge is 2.11. The number of ether oxygens (including phenoxy) is 1. The smallest absolute Gasteiger partial charge is 0.126 e.